The van der Waals surface area contributed by atoms with Gasteiger partial charge in [0.15, 0.2) is 5.69 Å². The lowest BCUT2D eigenvalue weighted by molar-refractivity contribution is 0.0500. The number of carbonyl (C=O) groups excluding carboxylic acids is 1. The molecule has 0 fully saturated rings. The fourth-order valence-electron chi connectivity index (χ4n) is 3.58. The minimum Gasteiger partial charge on any atom is -0.482 e. The normalized spacial score (nSPS) is 14.0. The third kappa shape index (κ3) is 3.16. The van der Waals surface area contributed by atoms with Crippen LogP contribution in [-0.4, -0.2) is 22.8 Å². The summed E-state index contributed by atoms with van der Waals surface area (Å²) < 4.78 is 26.3. The highest BCUT2D eigenvalue weighted by Gasteiger charge is 2.41. The molecule has 0 saturated heterocycles. The second-order valence-corrected chi connectivity index (χ2v) is 7.92. The Labute approximate surface area is 176 Å². The second-order valence-electron chi connectivity index (χ2n) is 7.08. The van der Waals surface area contributed by atoms with Crippen molar-refractivity contribution in [2.75, 3.05) is 6.61 Å². The monoisotopic (exact) mass is 434 g/mol. The number of nitrogens with zero attached hydrogens (tertiary/aromatic N) is 1. The van der Waals surface area contributed by atoms with Gasteiger partial charge in [-0.15, -0.1) is 0 Å². The number of benzene rings is 2. The maximum absolute atomic E-state index is 14.9. The number of ether oxygens (including phenoxy) is 2. The predicted molar refractivity (Wildman–Crippen MR) is 109 cm³/mol. The van der Waals surface area contributed by atoms with E-state index in [4.69, 9.17) is 32.7 Å². The molecule has 8 heteroatoms. The minimum absolute atomic E-state index is 0.146. The lowest BCUT2D eigenvalue weighted by Gasteiger charge is -2.34. The molecule has 0 saturated carbocycles. The zero-order valence-corrected chi connectivity index (χ0v) is 17.4. The summed E-state index contributed by atoms with van der Waals surface area (Å²) >= 11 is 12.3. The summed E-state index contributed by atoms with van der Waals surface area (Å²) in [5.74, 6) is -0.726. The quantitative estimate of drug-likeness (QED) is 0.513. The fourth-order valence-corrected chi connectivity index (χ4v) is 4.08. The molecule has 0 atom stereocenters. The van der Waals surface area contributed by atoms with Crippen molar-refractivity contribution in [1.29, 1.82) is 0 Å². The Morgan fingerprint density at radius 2 is 1.97 bits per heavy atom. The first-order valence-electron chi connectivity index (χ1n) is 8.98. The van der Waals surface area contributed by atoms with Crippen molar-refractivity contribution in [1.82, 2.24) is 10.2 Å². The number of carbonyl (C=O) groups is 1. The highest BCUT2D eigenvalue weighted by Crippen LogP contribution is 2.51. The van der Waals surface area contributed by atoms with Gasteiger partial charge in [-0.05, 0) is 45.0 Å². The largest absolute Gasteiger partial charge is 0.482 e. The van der Waals surface area contributed by atoms with Crippen molar-refractivity contribution >= 4 is 29.2 Å². The van der Waals surface area contributed by atoms with E-state index < -0.39 is 17.4 Å². The topological polar surface area (TPSA) is 64.2 Å². The van der Waals surface area contributed by atoms with Crippen molar-refractivity contribution in [2.45, 2.75) is 26.4 Å². The number of hydrogen-bond acceptors (Lipinski definition) is 4. The molecule has 0 aliphatic carbocycles. The third-order valence-corrected chi connectivity index (χ3v) is 5.32. The molecule has 150 valence electrons. The van der Waals surface area contributed by atoms with Gasteiger partial charge in [-0.3, -0.25) is 5.10 Å². The van der Waals surface area contributed by atoms with Crippen LogP contribution in [0.15, 0.2) is 30.3 Å². The number of fused-ring (bicyclic) bond motifs is 3. The summed E-state index contributed by atoms with van der Waals surface area (Å²) in [6.07, 6.45) is 0. The van der Waals surface area contributed by atoms with Crippen molar-refractivity contribution in [3.05, 3.63) is 57.5 Å². The maximum Gasteiger partial charge on any atom is 0.359 e. The Balaban J connectivity index is 1.97. The Morgan fingerprint density at radius 3 is 2.66 bits per heavy atom. The van der Waals surface area contributed by atoms with E-state index in [1.807, 2.05) is 0 Å². The van der Waals surface area contributed by atoms with Crippen LogP contribution in [0.3, 0.4) is 0 Å². The van der Waals surface area contributed by atoms with Gasteiger partial charge in [0.25, 0.3) is 0 Å². The van der Waals surface area contributed by atoms with Gasteiger partial charge in [0.05, 0.1) is 28.5 Å². The van der Waals surface area contributed by atoms with Gasteiger partial charge in [0.2, 0.25) is 0 Å². The Kier molecular flexibility index (Phi) is 4.79. The van der Waals surface area contributed by atoms with Crippen LogP contribution in [0.1, 0.15) is 36.8 Å². The fraction of sp³-hybridized carbons (Fsp3) is 0.238. The highest BCUT2D eigenvalue weighted by molar-refractivity contribution is 6.36. The van der Waals surface area contributed by atoms with E-state index in [-0.39, 0.29) is 17.9 Å². The summed E-state index contributed by atoms with van der Waals surface area (Å²) in [5.41, 5.74) is 1.55. The van der Waals surface area contributed by atoms with Gasteiger partial charge in [0, 0.05) is 16.1 Å². The summed E-state index contributed by atoms with van der Waals surface area (Å²) in [6.45, 7) is 5.51. The number of H-pyrrole nitrogens is 1. The molecule has 3 aromatic rings. The molecular weight excluding hydrogens is 418 g/mol. The molecule has 1 aliphatic rings. The Morgan fingerprint density at radius 1 is 1.24 bits per heavy atom. The number of rotatable bonds is 3. The Bertz CT molecular complexity index is 1140. The summed E-state index contributed by atoms with van der Waals surface area (Å²) in [6, 6.07) is 7.74. The second kappa shape index (κ2) is 7.04. The summed E-state index contributed by atoms with van der Waals surface area (Å²) in [4.78, 5) is 12.3. The smallest absolute Gasteiger partial charge is 0.359 e. The van der Waals surface area contributed by atoms with E-state index in [1.165, 1.54) is 6.07 Å². The van der Waals surface area contributed by atoms with Gasteiger partial charge in [0.1, 0.15) is 17.2 Å². The van der Waals surface area contributed by atoms with Crippen molar-refractivity contribution in [3.63, 3.8) is 0 Å². The predicted octanol–water partition coefficient (Wildman–Crippen LogP) is 5.99. The van der Waals surface area contributed by atoms with E-state index in [0.29, 0.717) is 38.2 Å². The van der Waals surface area contributed by atoms with E-state index in [1.54, 1.807) is 45.0 Å². The van der Waals surface area contributed by atoms with Crippen LogP contribution in [0.25, 0.3) is 22.4 Å². The molecule has 2 aromatic carbocycles. The average molecular weight is 435 g/mol. The highest BCUT2D eigenvalue weighted by atomic mass is 35.5. The molecule has 0 unspecified atom stereocenters. The maximum atomic E-state index is 14.9. The molecule has 1 N–H and O–H groups in total. The van der Waals surface area contributed by atoms with Crippen molar-refractivity contribution < 1.29 is 18.7 Å². The molecule has 1 aliphatic heterocycles. The molecule has 29 heavy (non-hydrogen) atoms. The number of hydrogen-bond donors (Lipinski definition) is 1. The van der Waals surface area contributed by atoms with Crippen LogP contribution < -0.4 is 4.74 Å². The van der Waals surface area contributed by atoms with Crippen molar-refractivity contribution in [2.24, 2.45) is 0 Å². The SMILES string of the molecule is CCOC(=O)c1n[nH]c2c1C(C)(C)Oc1c-2ccc(F)c1-c1ccc(Cl)cc1Cl. The van der Waals surface area contributed by atoms with Gasteiger partial charge in [-0.25, -0.2) is 9.18 Å². The van der Waals surface area contributed by atoms with E-state index in [2.05, 4.69) is 10.2 Å². The van der Waals surface area contributed by atoms with Crippen LogP contribution in [0, 0.1) is 5.82 Å². The molecule has 0 spiro atoms. The molecule has 1 aromatic heterocycles. The molecule has 0 amide bonds. The first kappa shape index (κ1) is 19.7. The van der Waals surface area contributed by atoms with E-state index in [0.717, 1.165) is 0 Å². The molecule has 2 heterocycles. The van der Waals surface area contributed by atoms with Crippen LogP contribution in [0.4, 0.5) is 4.39 Å². The van der Waals surface area contributed by atoms with Gasteiger partial charge < -0.3 is 9.47 Å². The lowest BCUT2D eigenvalue weighted by Crippen LogP contribution is -2.31. The first-order valence-corrected chi connectivity index (χ1v) is 9.73. The summed E-state index contributed by atoms with van der Waals surface area (Å²) in [7, 11) is 0. The molecule has 5 nitrogen and oxygen atoms in total. The number of halogens is 3. The van der Waals surface area contributed by atoms with Crippen LogP contribution in [0.5, 0.6) is 5.75 Å². The van der Waals surface area contributed by atoms with E-state index in [9.17, 15) is 9.18 Å². The molecular formula is C21H17Cl2FN2O3. The minimum atomic E-state index is -0.973. The van der Waals surface area contributed by atoms with Gasteiger partial charge >= 0.3 is 5.97 Å². The first-order chi connectivity index (χ1) is 13.7. The zero-order valence-electron chi connectivity index (χ0n) is 15.9. The number of nitrogens with one attached hydrogen (secondary N) is 1. The van der Waals surface area contributed by atoms with Gasteiger partial charge in [-0.1, -0.05) is 29.3 Å². The Hall–Kier alpha value is -2.57. The zero-order chi connectivity index (χ0) is 20.9. The number of aromatic amines is 1. The van der Waals surface area contributed by atoms with E-state index >= 15 is 0 Å². The number of aromatic nitrogens is 2. The van der Waals surface area contributed by atoms with Crippen LogP contribution >= 0.6 is 23.2 Å². The number of esters is 1. The molecule has 4 rings (SSSR count). The third-order valence-electron chi connectivity index (χ3n) is 4.77. The summed E-state index contributed by atoms with van der Waals surface area (Å²) in [5, 5.41) is 7.78. The van der Waals surface area contributed by atoms with Gasteiger partial charge in [-0.2, -0.15) is 5.10 Å². The standard InChI is InChI=1S/C21H17Cl2FN2O3/c1-4-28-20(27)18-16-17(25-26-18)12-7-8-14(24)15(19(12)29-21(16,2)3)11-6-5-10(22)9-13(11)23/h5-9H,4H2,1-3H3,(H,25,26). The molecule has 0 radical (unpaired) electrons. The molecule has 0 bridgehead atoms. The van der Waals surface area contributed by atoms with Crippen molar-refractivity contribution in [3.8, 4) is 28.1 Å². The van der Waals surface area contributed by atoms with Crippen LogP contribution in [0.2, 0.25) is 10.0 Å². The lowest BCUT2D eigenvalue weighted by atomic mass is 9.87. The van der Waals surface area contributed by atoms with Crippen LogP contribution in [-0.2, 0) is 10.3 Å². The average Bonchev–Trinajstić information content (AvgIpc) is 3.09.